The molecule has 0 aliphatic carbocycles. The molecule has 1 amide bonds. The lowest BCUT2D eigenvalue weighted by molar-refractivity contribution is 0.0615. The molecule has 2 heterocycles. The Morgan fingerprint density at radius 1 is 0.969 bits per heavy atom. The number of aromatic nitrogens is 2. The minimum absolute atomic E-state index is 0.0787. The highest BCUT2D eigenvalue weighted by Crippen LogP contribution is 2.21. The molecular weight excluding hydrogens is 404 g/mol. The van der Waals surface area contributed by atoms with E-state index in [9.17, 15) is 4.79 Å². The van der Waals surface area contributed by atoms with Crippen molar-refractivity contribution < 1.29 is 14.1 Å². The van der Waals surface area contributed by atoms with Gasteiger partial charge in [0.15, 0.2) is 0 Å². The van der Waals surface area contributed by atoms with Crippen LogP contribution in [0.1, 0.15) is 16.2 Å². The molecule has 0 spiro atoms. The van der Waals surface area contributed by atoms with Gasteiger partial charge in [0, 0.05) is 37.3 Å². The maximum absolute atomic E-state index is 13.0. The summed E-state index contributed by atoms with van der Waals surface area (Å²) < 4.78 is 10.6. The Balaban J connectivity index is 1.18. The number of carbonyl (C=O) groups excluding carboxylic acids is 1. The molecule has 0 unspecified atom stereocenters. The maximum atomic E-state index is 13.0. The summed E-state index contributed by atoms with van der Waals surface area (Å²) in [5, 5.41) is 6.32. The van der Waals surface area contributed by atoms with E-state index in [1.165, 1.54) is 0 Å². The fraction of sp³-hybridized carbons (Fsp3) is 0.240. The molecule has 0 radical (unpaired) electrons. The summed E-state index contributed by atoms with van der Waals surface area (Å²) in [6.07, 6.45) is 0. The molecule has 1 aliphatic heterocycles. The molecular formula is C25H24N4O3. The summed E-state index contributed by atoms with van der Waals surface area (Å²) in [6.45, 7) is 3.44. The van der Waals surface area contributed by atoms with Gasteiger partial charge >= 0.3 is 0 Å². The monoisotopic (exact) mass is 428 g/mol. The van der Waals surface area contributed by atoms with Gasteiger partial charge in [0.25, 0.3) is 5.91 Å². The van der Waals surface area contributed by atoms with E-state index in [1.54, 1.807) is 7.11 Å². The first-order valence-electron chi connectivity index (χ1n) is 10.7. The third kappa shape index (κ3) is 4.20. The van der Waals surface area contributed by atoms with Gasteiger partial charge in [-0.25, -0.2) is 0 Å². The van der Waals surface area contributed by atoms with Crippen LogP contribution in [0, 0.1) is 0 Å². The zero-order chi connectivity index (χ0) is 21.9. The molecule has 162 valence electrons. The van der Waals surface area contributed by atoms with Crippen molar-refractivity contribution in [1.29, 1.82) is 0 Å². The molecule has 0 bridgehead atoms. The third-order valence-corrected chi connectivity index (χ3v) is 5.83. The van der Waals surface area contributed by atoms with Crippen LogP contribution in [0.4, 0.5) is 0 Å². The van der Waals surface area contributed by atoms with Crippen molar-refractivity contribution in [2.45, 2.75) is 6.54 Å². The fourth-order valence-corrected chi connectivity index (χ4v) is 3.98. The van der Waals surface area contributed by atoms with E-state index in [4.69, 9.17) is 9.26 Å². The Hall–Kier alpha value is -3.71. The minimum Gasteiger partial charge on any atom is -0.497 e. The highest BCUT2D eigenvalue weighted by molar-refractivity contribution is 5.98. The van der Waals surface area contributed by atoms with Crippen molar-refractivity contribution in [3.05, 3.63) is 78.2 Å². The fourth-order valence-electron chi connectivity index (χ4n) is 3.98. The van der Waals surface area contributed by atoms with Crippen molar-refractivity contribution >= 4 is 16.7 Å². The lowest BCUT2D eigenvalue weighted by Gasteiger charge is -2.34. The topological polar surface area (TPSA) is 71.7 Å². The van der Waals surface area contributed by atoms with E-state index in [-0.39, 0.29) is 5.91 Å². The Kier molecular flexibility index (Phi) is 5.56. The molecule has 1 aliphatic rings. The van der Waals surface area contributed by atoms with E-state index < -0.39 is 0 Å². The number of hydrogen-bond acceptors (Lipinski definition) is 6. The molecule has 3 aromatic carbocycles. The lowest BCUT2D eigenvalue weighted by Crippen LogP contribution is -2.48. The van der Waals surface area contributed by atoms with E-state index in [1.807, 2.05) is 65.6 Å². The first-order valence-corrected chi connectivity index (χ1v) is 10.7. The van der Waals surface area contributed by atoms with E-state index in [0.717, 1.165) is 40.7 Å². The van der Waals surface area contributed by atoms with Crippen molar-refractivity contribution in [1.82, 2.24) is 19.9 Å². The van der Waals surface area contributed by atoms with Crippen LogP contribution in [-0.4, -0.2) is 59.1 Å². The van der Waals surface area contributed by atoms with E-state index in [2.05, 4.69) is 21.1 Å². The lowest BCUT2D eigenvalue weighted by atomic mass is 10.1. The van der Waals surface area contributed by atoms with Gasteiger partial charge in [-0.15, -0.1) is 0 Å². The van der Waals surface area contributed by atoms with Gasteiger partial charge in [0.1, 0.15) is 5.75 Å². The van der Waals surface area contributed by atoms with Gasteiger partial charge in [-0.2, -0.15) is 4.98 Å². The molecule has 5 rings (SSSR count). The maximum Gasteiger partial charge on any atom is 0.253 e. The second kappa shape index (κ2) is 8.80. The first kappa shape index (κ1) is 20.2. The summed E-state index contributed by atoms with van der Waals surface area (Å²) in [4.78, 5) is 21.6. The summed E-state index contributed by atoms with van der Waals surface area (Å²) >= 11 is 0. The molecule has 32 heavy (non-hydrogen) atoms. The van der Waals surface area contributed by atoms with Crippen molar-refractivity contribution in [3.63, 3.8) is 0 Å². The van der Waals surface area contributed by atoms with Crippen LogP contribution in [-0.2, 0) is 6.54 Å². The summed E-state index contributed by atoms with van der Waals surface area (Å²) in [5.74, 6) is 2.00. The number of piperazine rings is 1. The van der Waals surface area contributed by atoms with Gasteiger partial charge in [-0.05, 0) is 47.2 Å². The number of hydrogen-bond donors (Lipinski definition) is 0. The molecule has 4 aromatic rings. The van der Waals surface area contributed by atoms with Crippen LogP contribution in [0.2, 0.25) is 0 Å². The minimum atomic E-state index is 0.0787. The van der Waals surface area contributed by atoms with Crippen molar-refractivity contribution in [2.75, 3.05) is 33.3 Å². The number of nitrogens with zero attached hydrogens (tertiary/aromatic N) is 4. The quantitative estimate of drug-likeness (QED) is 0.481. The molecule has 7 heteroatoms. The number of benzene rings is 3. The van der Waals surface area contributed by atoms with Gasteiger partial charge in [-0.1, -0.05) is 35.5 Å². The molecule has 1 fully saturated rings. The summed E-state index contributed by atoms with van der Waals surface area (Å²) in [5.41, 5.74) is 1.62. The average molecular weight is 428 g/mol. The van der Waals surface area contributed by atoms with Gasteiger partial charge < -0.3 is 14.2 Å². The highest BCUT2D eigenvalue weighted by atomic mass is 16.5. The molecule has 0 saturated carbocycles. The zero-order valence-electron chi connectivity index (χ0n) is 17.9. The van der Waals surface area contributed by atoms with Gasteiger partial charge in [0.2, 0.25) is 11.7 Å². The summed E-state index contributed by atoms with van der Waals surface area (Å²) in [6, 6.07) is 21.5. The predicted molar refractivity (Wildman–Crippen MR) is 121 cm³/mol. The molecule has 0 N–H and O–H groups in total. The standard InChI is InChI=1S/C25H24N4O3/c1-31-22-10-8-19(9-11-22)24-26-23(32-27-24)17-28-12-14-29(15-13-28)25(30)21-7-6-18-4-2-3-5-20(18)16-21/h2-11,16H,12-15,17H2,1H3. The van der Waals surface area contributed by atoms with Gasteiger partial charge in [0.05, 0.1) is 13.7 Å². The van der Waals surface area contributed by atoms with Crippen LogP contribution in [0.5, 0.6) is 5.75 Å². The number of fused-ring (bicyclic) bond motifs is 1. The van der Waals surface area contributed by atoms with Crippen LogP contribution >= 0.6 is 0 Å². The smallest absolute Gasteiger partial charge is 0.253 e. The Morgan fingerprint density at radius 2 is 1.72 bits per heavy atom. The highest BCUT2D eigenvalue weighted by Gasteiger charge is 2.23. The molecule has 1 aromatic heterocycles. The number of amides is 1. The third-order valence-electron chi connectivity index (χ3n) is 5.83. The Bertz CT molecular complexity index is 1230. The Labute approximate surface area is 186 Å². The normalized spacial score (nSPS) is 14.6. The average Bonchev–Trinajstić information content (AvgIpc) is 3.32. The number of rotatable bonds is 5. The Morgan fingerprint density at radius 3 is 2.47 bits per heavy atom. The SMILES string of the molecule is COc1ccc(-c2noc(CN3CCN(C(=O)c4ccc5ccccc5c4)CC3)n2)cc1. The van der Waals surface area contributed by atoms with Gasteiger partial charge in [-0.3, -0.25) is 9.69 Å². The molecule has 1 saturated heterocycles. The predicted octanol–water partition coefficient (Wildman–Crippen LogP) is 3.86. The number of ether oxygens (including phenoxy) is 1. The van der Waals surface area contributed by atoms with Crippen LogP contribution < -0.4 is 4.74 Å². The molecule has 0 atom stereocenters. The van der Waals surface area contributed by atoms with Crippen LogP contribution in [0.25, 0.3) is 22.2 Å². The van der Waals surface area contributed by atoms with Crippen LogP contribution in [0.15, 0.2) is 71.3 Å². The molecule has 7 nitrogen and oxygen atoms in total. The second-order valence-electron chi connectivity index (χ2n) is 7.87. The summed E-state index contributed by atoms with van der Waals surface area (Å²) in [7, 11) is 1.64. The zero-order valence-corrected chi connectivity index (χ0v) is 17.9. The second-order valence-corrected chi connectivity index (χ2v) is 7.87. The van der Waals surface area contributed by atoms with E-state index >= 15 is 0 Å². The van der Waals surface area contributed by atoms with Crippen molar-refractivity contribution in [3.8, 4) is 17.1 Å². The van der Waals surface area contributed by atoms with E-state index in [0.29, 0.717) is 31.3 Å². The largest absolute Gasteiger partial charge is 0.497 e. The van der Waals surface area contributed by atoms with Crippen LogP contribution in [0.3, 0.4) is 0 Å². The van der Waals surface area contributed by atoms with Crippen molar-refractivity contribution in [2.24, 2.45) is 0 Å². The number of carbonyl (C=O) groups is 1. The number of methoxy groups -OCH3 is 1. The first-order chi connectivity index (χ1) is 15.7.